The summed E-state index contributed by atoms with van der Waals surface area (Å²) in [6.45, 7) is 0. The maximum absolute atomic E-state index is 13.2. The van der Waals surface area contributed by atoms with Crippen molar-refractivity contribution in [3.8, 4) is 0 Å². The van der Waals surface area contributed by atoms with Gasteiger partial charge in [0.05, 0.1) is 21.5 Å². The molecule has 0 amide bonds. The third-order valence-electron chi connectivity index (χ3n) is 3.73. The molecule has 13 heteroatoms. The number of rotatable bonds is 1. The monoisotopic (exact) mass is 384 g/mol. The highest BCUT2D eigenvalue weighted by molar-refractivity contribution is 6.02. The zero-order valence-corrected chi connectivity index (χ0v) is 11.7. The number of aliphatic hydroxyl groups is 1. The number of hydrogen-bond acceptors (Lipinski definition) is 7. The molecular formula is C13H2F6O7. The Balaban J connectivity index is 2.80. The van der Waals surface area contributed by atoms with Gasteiger partial charge in [-0.2, -0.15) is 26.3 Å². The number of halogens is 6. The third-order valence-corrected chi connectivity index (χ3v) is 3.73. The summed E-state index contributed by atoms with van der Waals surface area (Å²) in [5, 5.41) is 4.05. The van der Waals surface area contributed by atoms with E-state index >= 15 is 0 Å². The molecule has 0 radical (unpaired) electrons. The summed E-state index contributed by atoms with van der Waals surface area (Å²) in [5.74, 6) is 0. The highest BCUT2D eigenvalue weighted by atomic mass is 19.4. The van der Waals surface area contributed by atoms with Crippen LogP contribution in [-0.4, -0.2) is 17.5 Å². The average Bonchev–Trinajstić information content (AvgIpc) is 2.92. The number of hydrogen-bond donors (Lipinski definition) is 1. The molecule has 2 aromatic heterocycles. The molecule has 0 aliphatic heterocycles. The lowest BCUT2D eigenvalue weighted by atomic mass is 9.86. The minimum atomic E-state index is -6.49. The van der Waals surface area contributed by atoms with Crippen molar-refractivity contribution in [3.63, 3.8) is 0 Å². The van der Waals surface area contributed by atoms with Crippen LogP contribution in [-0.2, 0) is 5.60 Å². The van der Waals surface area contributed by atoms with Gasteiger partial charge in [0, 0.05) is 5.56 Å². The van der Waals surface area contributed by atoms with Crippen LogP contribution in [0.25, 0.3) is 21.5 Å². The molecule has 0 unspecified atom stereocenters. The Bertz CT molecular complexity index is 1160. The van der Waals surface area contributed by atoms with Gasteiger partial charge in [0.15, 0.2) is 0 Å². The van der Waals surface area contributed by atoms with Gasteiger partial charge in [0.25, 0.3) is 5.60 Å². The van der Waals surface area contributed by atoms with E-state index in [1.165, 1.54) is 0 Å². The molecule has 0 aliphatic carbocycles. The Morgan fingerprint density at radius 2 is 1.04 bits per heavy atom. The molecule has 2 heterocycles. The number of furan rings is 2. The fourth-order valence-electron chi connectivity index (χ4n) is 2.62. The molecule has 0 bridgehead atoms. The van der Waals surface area contributed by atoms with E-state index in [1.807, 2.05) is 0 Å². The van der Waals surface area contributed by atoms with Crippen molar-refractivity contribution in [2.45, 2.75) is 18.0 Å². The second kappa shape index (κ2) is 4.81. The Hall–Kier alpha value is -2.96. The van der Waals surface area contributed by atoms with E-state index in [2.05, 4.69) is 8.83 Å². The maximum Gasteiger partial charge on any atom is 0.430 e. The van der Waals surface area contributed by atoms with Crippen molar-refractivity contribution >= 4 is 21.5 Å². The lowest BCUT2D eigenvalue weighted by Gasteiger charge is -2.32. The van der Waals surface area contributed by atoms with Gasteiger partial charge in [-0.3, -0.25) is 0 Å². The summed E-state index contributed by atoms with van der Waals surface area (Å²) in [6.07, 6.45) is -13.0. The number of fused-ring (bicyclic) bond motifs is 2. The molecule has 0 saturated carbocycles. The van der Waals surface area contributed by atoms with Crippen LogP contribution >= 0.6 is 0 Å². The van der Waals surface area contributed by atoms with Gasteiger partial charge < -0.3 is 13.9 Å². The predicted molar refractivity (Wildman–Crippen MR) is 69.4 cm³/mol. The van der Waals surface area contributed by atoms with Crippen LogP contribution in [0.5, 0.6) is 0 Å². The van der Waals surface area contributed by atoms with Crippen LogP contribution in [0, 0.1) is 0 Å². The van der Waals surface area contributed by atoms with Gasteiger partial charge in [0.2, 0.25) is 0 Å². The SMILES string of the molecule is O=c1oc(=O)c2c(C(O)(C(F)(F)F)C(F)(F)F)c3c(=O)oc(=O)c3cc12. The largest absolute Gasteiger partial charge is 0.430 e. The van der Waals surface area contributed by atoms with Crippen molar-refractivity contribution in [1.82, 2.24) is 0 Å². The number of benzene rings is 1. The summed E-state index contributed by atoms with van der Waals surface area (Å²) in [5.41, 5.74) is -15.3. The molecule has 0 spiro atoms. The van der Waals surface area contributed by atoms with Crippen molar-refractivity contribution in [2.24, 2.45) is 0 Å². The van der Waals surface area contributed by atoms with Gasteiger partial charge >= 0.3 is 34.9 Å². The van der Waals surface area contributed by atoms with E-state index < -0.39 is 67.6 Å². The molecule has 26 heavy (non-hydrogen) atoms. The lowest BCUT2D eigenvalue weighted by molar-refractivity contribution is -0.375. The molecule has 7 nitrogen and oxygen atoms in total. The van der Waals surface area contributed by atoms with E-state index in [0.717, 1.165) is 0 Å². The van der Waals surface area contributed by atoms with E-state index in [0.29, 0.717) is 6.07 Å². The highest BCUT2D eigenvalue weighted by Crippen LogP contribution is 2.52. The zero-order valence-electron chi connectivity index (χ0n) is 11.7. The van der Waals surface area contributed by atoms with Crippen LogP contribution in [0.2, 0.25) is 0 Å². The first-order chi connectivity index (χ1) is 11.7. The Morgan fingerprint density at radius 1 is 0.692 bits per heavy atom. The molecule has 1 N–H and O–H groups in total. The summed E-state index contributed by atoms with van der Waals surface area (Å²) in [6, 6.07) is 0.391. The summed E-state index contributed by atoms with van der Waals surface area (Å²) in [4.78, 5) is 46.4. The van der Waals surface area contributed by atoms with E-state index in [9.17, 15) is 50.6 Å². The minimum absolute atomic E-state index is 0.391. The van der Waals surface area contributed by atoms with Crippen molar-refractivity contribution in [1.29, 1.82) is 0 Å². The fraction of sp³-hybridized carbons (Fsp3) is 0.231. The molecule has 0 aliphatic rings. The van der Waals surface area contributed by atoms with Gasteiger partial charge in [-0.05, 0) is 6.07 Å². The zero-order chi connectivity index (χ0) is 19.8. The van der Waals surface area contributed by atoms with E-state index in [-0.39, 0.29) is 0 Å². The maximum atomic E-state index is 13.2. The van der Waals surface area contributed by atoms with Crippen molar-refractivity contribution in [3.05, 3.63) is 53.3 Å². The first-order valence-corrected chi connectivity index (χ1v) is 6.32. The quantitative estimate of drug-likeness (QED) is 0.618. The van der Waals surface area contributed by atoms with E-state index in [4.69, 9.17) is 0 Å². The fourth-order valence-corrected chi connectivity index (χ4v) is 2.62. The van der Waals surface area contributed by atoms with E-state index in [1.54, 1.807) is 0 Å². The Kier molecular flexibility index (Phi) is 3.30. The normalized spacial score (nSPS) is 13.8. The second-order valence-corrected chi connectivity index (χ2v) is 5.16. The Morgan fingerprint density at radius 3 is 1.35 bits per heavy atom. The first-order valence-electron chi connectivity index (χ1n) is 6.32. The molecular weight excluding hydrogens is 382 g/mol. The standard InChI is InChI=1S/C13H2F6O7/c14-12(15,16)11(24,13(17,18)19)6-4-2(7(20)25-9(4)22)1-3-5(6)10(23)26-8(3)21/h1,24H. The molecule has 0 saturated heterocycles. The van der Waals surface area contributed by atoms with Gasteiger partial charge in [-0.1, -0.05) is 0 Å². The topological polar surface area (TPSA) is 115 Å². The molecule has 3 rings (SSSR count). The molecule has 0 atom stereocenters. The summed E-state index contributed by atoms with van der Waals surface area (Å²) < 4.78 is 87.3. The summed E-state index contributed by atoms with van der Waals surface area (Å²) >= 11 is 0. The minimum Gasteiger partial charge on any atom is -0.386 e. The average molecular weight is 384 g/mol. The first kappa shape index (κ1) is 17.8. The smallest absolute Gasteiger partial charge is 0.386 e. The van der Waals surface area contributed by atoms with Crippen molar-refractivity contribution < 1.29 is 40.3 Å². The van der Waals surface area contributed by atoms with Gasteiger partial charge in [-0.25, -0.2) is 19.2 Å². The van der Waals surface area contributed by atoms with Gasteiger partial charge in [-0.15, -0.1) is 0 Å². The van der Waals surface area contributed by atoms with Gasteiger partial charge in [0.1, 0.15) is 0 Å². The predicted octanol–water partition coefficient (Wildman–Crippen LogP) is 0.808. The third kappa shape index (κ3) is 2.00. The van der Waals surface area contributed by atoms with Crippen LogP contribution in [0.4, 0.5) is 26.3 Å². The Labute approximate surface area is 134 Å². The molecule has 1 aromatic carbocycles. The van der Waals surface area contributed by atoms with Crippen molar-refractivity contribution in [2.75, 3.05) is 0 Å². The lowest BCUT2D eigenvalue weighted by Crippen LogP contribution is -2.54. The molecule has 0 fully saturated rings. The number of alkyl halides is 6. The van der Waals surface area contributed by atoms with Crippen LogP contribution in [0.3, 0.4) is 0 Å². The summed E-state index contributed by atoms with van der Waals surface area (Å²) in [7, 11) is 0. The van der Waals surface area contributed by atoms with Crippen LogP contribution < -0.4 is 22.5 Å². The molecule has 138 valence electrons. The van der Waals surface area contributed by atoms with Crippen LogP contribution in [0.1, 0.15) is 5.56 Å². The second-order valence-electron chi connectivity index (χ2n) is 5.16. The molecule has 3 aromatic rings. The van der Waals surface area contributed by atoms with Crippen LogP contribution in [0.15, 0.2) is 34.1 Å². The highest BCUT2D eigenvalue weighted by Gasteiger charge is 2.73.